The van der Waals surface area contributed by atoms with E-state index in [-0.39, 0.29) is 0 Å². The topological polar surface area (TPSA) is 169 Å². The van der Waals surface area contributed by atoms with Crippen LogP contribution in [0.2, 0.25) is 0 Å². The molecule has 2 rings (SSSR count). The van der Waals surface area contributed by atoms with Gasteiger partial charge in [0.1, 0.15) is 48.8 Å². The molecule has 0 bridgehead atoms. The number of hydrogen-bond donors (Lipinski definition) is 7. The molecule has 142 valence electrons. The Morgan fingerprint density at radius 2 is 1.42 bits per heavy atom. The SMILES string of the molecule is CC1(C)OC(CO)C(OC2OC(CO)C(O)C(O)C2O)C(O)C1O. The van der Waals surface area contributed by atoms with E-state index in [1.54, 1.807) is 0 Å². The van der Waals surface area contributed by atoms with Gasteiger partial charge in [0, 0.05) is 0 Å². The number of aliphatic hydroxyl groups excluding tert-OH is 7. The minimum Gasteiger partial charge on any atom is -0.394 e. The summed E-state index contributed by atoms with van der Waals surface area (Å²) in [7, 11) is 0. The number of hydrogen-bond acceptors (Lipinski definition) is 10. The Bertz CT molecular complexity index is 414. The van der Waals surface area contributed by atoms with Crippen molar-refractivity contribution in [2.24, 2.45) is 0 Å². The second-order valence-corrected chi connectivity index (χ2v) is 6.68. The summed E-state index contributed by atoms with van der Waals surface area (Å²) in [6.45, 7) is 1.91. The summed E-state index contributed by atoms with van der Waals surface area (Å²) in [4.78, 5) is 0. The van der Waals surface area contributed by atoms with Gasteiger partial charge in [0.15, 0.2) is 6.29 Å². The van der Waals surface area contributed by atoms with Crippen LogP contribution >= 0.6 is 0 Å². The lowest BCUT2D eigenvalue weighted by Gasteiger charge is -2.48. The highest BCUT2D eigenvalue weighted by atomic mass is 16.7. The van der Waals surface area contributed by atoms with Crippen molar-refractivity contribution in [2.75, 3.05) is 13.2 Å². The average molecular weight is 354 g/mol. The Kier molecular flexibility index (Phi) is 6.19. The summed E-state index contributed by atoms with van der Waals surface area (Å²) in [6.07, 6.45) is -12.6. The maximum atomic E-state index is 10.3. The van der Waals surface area contributed by atoms with E-state index in [0.717, 1.165) is 0 Å². The number of ether oxygens (including phenoxy) is 3. The summed E-state index contributed by atoms with van der Waals surface area (Å²) in [6, 6.07) is 0. The van der Waals surface area contributed by atoms with Gasteiger partial charge in [-0.3, -0.25) is 0 Å². The van der Waals surface area contributed by atoms with Gasteiger partial charge in [-0.05, 0) is 13.8 Å². The largest absolute Gasteiger partial charge is 0.394 e. The molecule has 0 radical (unpaired) electrons. The molecule has 2 saturated heterocycles. The summed E-state index contributed by atoms with van der Waals surface area (Å²) in [5.74, 6) is 0. The van der Waals surface area contributed by atoms with Crippen molar-refractivity contribution in [3.63, 3.8) is 0 Å². The van der Waals surface area contributed by atoms with Crippen LogP contribution in [0.1, 0.15) is 13.8 Å². The van der Waals surface area contributed by atoms with Gasteiger partial charge in [0.05, 0.1) is 18.8 Å². The molecule has 24 heavy (non-hydrogen) atoms. The van der Waals surface area contributed by atoms with E-state index >= 15 is 0 Å². The van der Waals surface area contributed by atoms with Crippen molar-refractivity contribution in [1.82, 2.24) is 0 Å². The van der Waals surface area contributed by atoms with Crippen LogP contribution in [-0.2, 0) is 14.2 Å². The predicted molar refractivity (Wildman–Crippen MR) is 76.7 cm³/mol. The minimum absolute atomic E-state index is 0.532. The molecule has 10 nitrogen and oxygen atoms in total. The molecule has 9 unspecified atom stereocenters. The molecular formula is C14H26O10. The first-order chi connectivity index (χ1) is 11.1. The Labute approximate surface area is 138 Å². The van der Waals surface area contributed by atoms with Crippen LogP contribution in [0.5, 0.6) is 0 Å². The van der Waals surface area contributed by atoms with Crippen LogP contribution in [0.25, 0.3) is 0 Å². The predicted octanol–water partition coefficient (Wildman–Crippen LogP) is -3.94. The van der Waals surface area contributed by atoms with E-state index in [4.69, 9.17) is 19.3 Å². The molecule has 0 aromatic carbocycles. The van der Waals surface area contributed by atoms with Gasteiger partial charge in [-0.2, -0.15) is 0 Å². The average Bonchev–Trinajstić information content (AvgIpc) is 2.55. The van der Waals surface area contributed by atoms with Crippen LogP contribution in [0.4, 0.5) is 0 Å². The van der Waals surface area contributed by atoms with Gasteiger partial charge in [-0.15, -0.1) is 0 Å². The molecule has 7 N–H and O–H groups in total. The zero-order chi connectivity index (χ0) is 18.2. The number of rotatable bonds is 4. The van der Waals surface area contributed by atoms with E-state index in [0.29, 0.717) is 0 Å². The van der Waals surface area contributed by atoms with Crippen LogP contribution in [-0.4, -0.2) is 110 Å². The summed E-state index contributed by atoms with van der Waals surface area (Å²) < 4.78 is 16.1. The maximum absolute atomic E-state index is 10.3. The molecule has 0 amide bonds. The van der Waals surface area contributed by atoms with E-state index in [2.05, 4.69) is 0 Å². The van der Waals surface area contributed by atoms with Gasteiger partial charge in [-0.1, -0.05) is 0 Å². The molecule has 10 heteroatoms. The number of aliphatic hydroxyl groups is 7. The first-order valence-corrected chi connectivity index (χ1v) is 7.74. The van der Waals surface area contributed by atoms with Crippen molar-refractivity contribution in [3.05, 3.63) is 0 Å². The third-order valence-electron chi connectivity index (χ3n) is 4.51. The fraction of sp³-hybridized carbons (Fsp3) is 1.00. The molecule has 9 atom stereocenters. The normalized spacial score (nSPS) is 49.1. The minimum atomic E-state index is -1.67. The Hall–Kier alpha value is -0.400. The van der Waals surface area contributed by atoms with Crippen molar-refractivity contribution in [2.45, 2.75) is 74.6 Å². The van der Waals surface area contributed by atoms with E-state index in [9.17, 15) is 30.6 Å². The molecule has 0 spiro atoms. The highest BCUT2D eigenvalue weighted by Gasteiger charge is 2.52. The van der Waals surface area contributed by atoms with Crippen LogP contribution < -0.4 is 0 Å². The van der Waals surface area contributed by atoms with E-state index < -0.39 is 73.9 Å². The molecule has 0 aromatic rings. The Morgan fingerprint density at radius 1 is 0.833 bits per heavy atom. The lowest BCUT2D eigenvalue weighted by molar-refractivity contribution is -0.349. The molecule has 0 aliphatic carbocycles. The molecular weight excluding hydrogens is 328 g/mol. The quantitative estimate of drug-likeness (QED) is 0.264. The highest BCUT2D eigenvalue weighted by Crippen LogP contribution is 2.33. The van der Waals surface area contributed by atoms with Crippen molar-refractivity contribution >= 4 is 0 Å². The van der Waals surface area contributed by atoms with Gasteiger partial charge in [0.2, 0.25) is 0 Å². The first kappa shape index (κ1) is 19.9. The Morgan fingerprint density at radius 3 is 1.96 bits per heavy atom. The lowest BCUT2D eigenvalue weighted by Crippen LogP contribution is -2.66. The third-order valence-corrected chi connectivity index (χ3v) is 4.51. The van der Waals surface area contributed by atoms with Gasteiger partial charge < -0.3 is 50.0 Å². The summed E-state index contributed by atoms with van der Waals surface area (Å²) in [5.41, 5.74) is -1.14. The standard InChI is InChI=1S/C14H26O10/c1-14(2)12(21)10(20)11(6(4-16)24-14)23-13-9(19)8(18)7(17)5(3-15)22-13/h5-13,15-21H,3-4H2,1-2H3. The third kappa shape index (κ3) is 3.58. The molecule has 2 aliphatic heterocycles. The fourth-order valence-corrected chi connectivity index (χ4v) is 2.98. The molecule has 2 fully saturated rings. The van der Waals surface area contributed by atoms with E-state index in [1.165, 1.54) is 13.8 Å². The van der Waals surface area contributed by atoms with Crippen LogP contribution in [0.3, 0.4) is 0 Å². The lowest BCUT2D eigenvalue weighted by atomic mass is 9.87. The van der Waals surface area contributed by atoms with E-state index in [1.807, 2.05) is 0 Å². The fourth-order valence-electron chi connectivity index (χ4n) is 2.98. The zero-order valence-electron chi connectivity index (χ0n) is 13.5. The smallest absolute Gasteiger partial charge is 0.187 e. The maximum Gasteiger partial charge on any atom is 0.187 e. The molecule has 0 saturated carbocycles. The van der Waals surface area contributed by atoms with Crippen molar-refractivity contribution < 1.29 is 50.0 Å². The first-order valence-electron chi connectivity index (χ1n) is 7.74. The van der Waals surface area contributed by atoms with Crippen LogP contribution in [0, 0.1) is 0 Å². The zero-order valence-corrected chi connectivity index (χ0v) is 13.5. The second-order valence-electron chi connectivity index (χ2n) is 6.68. The van der Waals surface area contributed by atoms with Crippen LogP contribution in [0.15, 0.2) is 0 Å². The summed E-state index contributed by atoms with van der Waals surface area (Å²) in [5, 5.41) is 68.5. The summed E-state index contributed by atoms with van der Waals surface area (Å²) >= 11 is 0. The molecule has 2 aliphatic rings. The van der Waals surface area contributed by atoms with Crippen molar-refractivity contribution in [3.8, 4) is 0 Å². The van der Waals surface area contributed by atoms with Gasteiger partial charge in [0.25, 0.3) is 0 Å². The monoisotopic (exact) mass is 354 g/mol. The highest BCUT2D eigenvalue weighted by molar-refractivity contribution is 4.99. The Balaban J connectivity index is 2.15. The van der Waals surface area contributed by atoms with Gasteiger partial charge in [-0.25, -0.2) is 0 Å². The molecule has 2 heterocycles. The molecule has 0 aromatic heterocycles. The van der Waals surface area contributed by atoms with Crippen molar-refractivity contribution in [1.29, 1.82) is 0 Å². The van der Waals surface area contributed by atoms with Gasteiger partial charge >= 0.3 is 0 Å². The second kappa shape index (κ2) is 7.46.